The van der Waals surface area contributed by atoms with Crippen molar-refractivity contribution in [3.63, 3.8) is 0 Å². The van der Waals surface area contributed by atoms with Crippen molar-refractivity contribution in [3.05, 3.63) is 48.0 Å². The Morgan fingerprint density at radius 1 is 1.29 bits per heavy atom. The van der Waals surface area contributed by atoms with Crippen LogP contribution in [0.1, 0.15) is 5.56 Å². The molecule has 1 aromatic carbocycles. The monoisotopic (exact) mass is 332 g/mol. The normalized spacial score (nSPS) is 10.1. The highest BCUT2D eigenvalue weighted by molar-refractivity contribution is 5.93. The summed E-state index contributed by atoms with van der Waals surface area (Å²) >= 11 is 0. The highest BCUT2D eigenvalue weighted by Gasteiger charge is 2.12. The van der Waals surface area contributed by atoms with Crippen LogP contribution in [0.5, 0.6) is 0 Å². The Morgan fingerprint density at radius 2 is 2.00 bits per heavy atom. The number of hydrogen-bond acceptors (Lipinski definition) is 6. The third-order valence-corrected chi connectivity index (χ3v) is 3.08. The van der Waals surface area contributed by atoms with Crippen LogP contribution in [0, 0.1) is 12.7 Å². The molecule has 0 saturated carbocycles. The highest BCUT2D eigenvalue weighted by Crippen LogP contribution is 2.13. The number of rotatable bonds is 6. The lowest BCUT2D eigenvalue weighted by Gasteiger charge is -2.15. The van der Waals surface area contributed by atoms with Gasteiger partial charge in [-0.25, -0.2) is 14.4 Å². The van der Waals surface area contributed by atoms with Gasteiger partial charge >= 0.3 is 5.97 Å². The Morgan fingerprint density at radius 3 is 2.67 bits per heavy atom. The van der Waals surface area contributed by atoms with E-state index >= 15 is 0 Å². The molecule has 0 radical (unpaired) electrons. The van der Waals surface area contributed by atoms with Gasteiger partial charge in [0.05, 0.1) is 0 Å². The zero-order valence-electron chi connectivity index (χ0n) is 13.3. The fourth-order valence-electron chi connectivity index (χ4n) is 1.81. The van der Waals surface area contributed by atoms with E-state index in [1.165, 1.54) is 11.0 Å². The van der Waals surface area contributed by atoms with Gasteiger partial charge in [0.25, 0.3) is 5.91 Å². The molecule has 0 saturated heterocycles. The average molecular weight is 332 g/mol. The summed E-state index contributed by atoms with van der Waals surface area (Å²) < 4.78 is 18.3. The van der Waals surface area contributed by atoms with E-state index in [0.29, 0.717) is 17.2 Å². The second-order valence-electron chi connectivity index (χ2n) is 5.08. The van der Waals surface area contributed by atoms with Crippen LogP contribution in [-0.2, 0) is 14.3 Å². The molecule has 0 aliphatic carbocycles. The lowest BCUT2D eigenvalue weighted by atomic mass is 10.2. The van der Waals surface area contributed by atoms with Crippen molar-refractivity contribution < 1.29 is 18.7 Å². The number of anilines is 2. The van der Waals surface area contributed by atoms with Gasteiger partial charge in [-0.2, -0.15) is 0 Å². The van der Waals surface area contributed by atoms with Crippen molar-refractivity contribution in [1.82, 2.24) is 9.97 Å². The van der Waals surface area contributed by atoms with Crippen LogP contribution in [0.4, 0.5) is 16.0 Å². The molecule has 0 unspecified atom stereocenters. The maximum Gasteiger partial charge on any atom is 0.326 e. The summed E-state index contributed by atoms with van der Waals surface area (Å²) in [7, 11) is 1.63. The van der Waals surface area contributed by atoms with Gasteiger partial charge in [0.1, 0.15) is 12.4 Å². The molecule has 24 heavy (non-hydrogen) atoms. The predicted octanol–water partition coefficient (Wildman–Crippen LogP) is 1.54. The van der Waals surface area contributed by atoms with E-state index in [9.17, 15) is 14.0 Å². The summed E-state index contributed by atoms with van der Waals surface area (Å²) in [5.41, 5.74) is 0.777. The van der Waals surface area contributed by atoms with E-state index in [-0.39, 0.29) is 6.54 Å². The van der Waals surface area contributed by atoms with Crippen molar-refractivity contribution >= 4 is 23.5 Å². The number of ether oxygens (including phenoxy) is 1. The minimum absolute atomic E-state index is 0.101. The summed E-state index contributed by atoms with van der Waals surface area (Å²) in [6, 6.07) is 5.98. The van der Waals surface area contributed by atoms with E-state index in [1.807, 2.05) is 0 Å². The van der Waals surface area contributed by atoms with Crippen molar-refractivity contribution in [2.75, 3.05) is 30.4 Å². The molecule has 0 fully saturated rings. The first kappa shape index (κ1) is 17.3. The van der Waals surface area contributed by atoms with Gasteiger partial charge in [0, 0.05) is 25.1 Å². The van der Waals surface area contributed by atoms with Gasteiger partial charge in [0.15, 0.2) is 6.61 Å². The summed E-state index contributed by atoms with van der Waals surface area (Å²) in [6.07, 6.45) is 3.11. The fraction of sp³-hybridized carbons (Fsp3) is 0.250. The van der Waals surface area contributed by atoms with Crippen LogP contribution in [-0.4, -0.2) is 42.0 Å². The fourth-order valence-corrected chi connectivity index (χ4v) is 1.81. The Bertz CT molecular complexity index is 725. The van der Waals surface area contributed by atoms with Crippen molar-refractivity contribution in [1.29, 1.82) is 0 Å². The first-order chi connectivity index (χ1) is 11.5. The molecule has 0 aliphatic heterocycles. The van der Waals surface area contributed by atoms with E-state index in [2.05, 4.69) is 15.3 Å². The molecule has 7 nitrogen and oxygen atoms in total. The number of carbonyl (C=O) groups is 2. The summed E-state index contributed by atoms with van der Waals surface area (Å²) in [6.45, 7) is 1.06. The highest BCUT2D eigenvalue weighted by atomic mass is 19.1. The number of esters is 1. The first-order valence-electron chi connectivity index (χ1n) is 7.15. The zero-order valence-corrected chi connectivity index (χ0v) is 13.3. The summed E-state index contributed by atoms with van der Waals surface area (Å²) in [4.78, 5) is 32.9. The topological polar surface area (TPSA) is 84.4 Å². The van der Waals surface area contributed by atoms with Crippen LogP contribution in [0.2, 0.25) is 0 Å². The number of amides is 1. The number of nitrogens with one attached hydrogen (secondary N) is 1. The van der Waals surface area contributed by atoms with E-state index in [0.717, 1.165) is 0 Å². The molecule has 1 heterocycles. The van der Waals surface area contributed by atoms with Gasteiger partial charge in [-0.1, -0.05) is 6.07 Å². The quantitative estimate of drug-likeness (QED) is 0.808. The second kappa shape index (κ2) is 8.00. The van der Waals surface area contributed by atoms with Gasteiger partial charge in [-0.05, 0) is 30.7 Å². The molecule has 2 rings (SSSR count). The average Bonchev–Trinajstić information content (AvgIpc) is 2.57. The van der Waals surface area contributed by atoms with Crippen LogP contribution >= 0.6 is 0 Å². The van der Waals surface area contributed by atoms with Gasteiger partial charge in [-0.3, -0.25) is 9.59 Å². The summed E-state index contributed by atoms with van der Waals surface area (Å²) in [5, 5.41) is 2.46. The van der Waals surface area contributed by atoms with E-state index in [1.54, 1.807) is 44.6 Å². The first-order valence-corrected chi connectivity index (χ1v) is 7.15. The van der Waals surface area contributed by atoms with Crippen molar-refractivity contribution in [2.45, 2.75) is 6.92 Å². The number of hydrogen-bond donors (Lipinski definition) is 1. The molecule has 0 bridgehead atoms. The summed E-state index contributed by atoms with van der Waals surface area (Å²) in [5.74, 6) is -1.20. The van der Waals surface area contributed by atoms with Crippen LogP contribution < -0.4 is 10.2 Å². The third kappa shape index (κ3) is 5.01. The van der Waals surface area contributed by atoms with Crippen LogP contribution in [0.25, 0.3) is 0 Å². The van der Waals surface area contributed by atoms with Gasteiger partial charge in [0.2, 0.25) is 5.95 Å². The number of likely N-dealkylation sites (N-methyl/N-ethyl adjacent to an activating group) is 1. The molecular weight excluding hydrogens is 315 g/mol. The van der Waals surface area contributed by atoms with Crippen molar-refractivity contribution in [2.24, 2.45) is 0 Å². The van der Waals surface area contributed by atoms with Gasteiger partial charge < -0.3 is 15.0 Å². The molecule has 0 aliphatic rings. The number of aryl methyl sites for hydroxylation is 1. The molecule has 0 atom stereocenters. The maximum atomic E-state index is 13.4. The third-order valence-electron chi connectivity index (χ3n) is 3.08. The Balaban J connectivity index is 1.78. The number of nitrogens with zero attached hydrogens (tertiary/aromatic N) is 3. The lowest BCUT2D eigenvalue weighted by molar-refractivity contribution is -0.145. The standard InChI is InChI=1S/C16H17FN4O3/c1-11-4-5-12(8-13(11)17)20-14(22)10-24-15(23)9-21(2)16-18-6-3-7-19-16/h3-8H,9-10H2,1-2H3,(H,20,22). The van der Waals surface area contributed by atoms with E-state index in [4.69, 9.17) is 4.74 Å². The predicted molar refractivity (Wildman–Crippen MR) is 86.0 cm³/mol. The Labute approximate surface area is 138 Å². The minimum atomic E-state index is -0.602. The molecule has 2 aromatic rings. The molecule has 8 heteroatoms. The largest absolute Gasteiger partial charge is 0.454 e. The molecule has 0 spiro atoms. The van der Waals surface area contributed by atoms with Crippen LogP contribution in [0.15, 0.2) is 36.7 Å². The van der Waals surface area contributed by atoms with Crippen molar-refractivity contribution in [3.8, 4) is 0 Å². The molecule has 1 amide bonds. The molecule has 126 valence electrons. The number of halogens is 1. The molecule has 1 N–H and O–H groups in total. The maximum absolute atomic E-state index is 13.4. The number of aromatic nitrogens is 2. The second-order valence-corrected chi connectivity index (χ2v) is 5.08. The van der Waals surface area contributed by atoms with Gasteiger partial charge in [-0.15, -0.1) is 0 Å². The lowest BCUT2D eigenvalue weighted by Crippen LogP contribution is -2.30. The Kier molecular flexibility index (Phi) is 5.78. The smallest absolute Gasteiger partial charge is 0.326 e. The SMILES string of the molecule is Cc1ccc(NC(=O)COC(=O)CN(C)c2ncccn2)cc1F. The van der Waals surface area contributed by atoms with E-state index < -0.39 is 24.3 Å². The zero-order chi connectivity index (χ0) is 17.5. The van der Waals surface area contributed by atoms with Crippen LogP contribution in [0.3, 0.4) is 0 Å². The number of carbonyl (C=O) groups excluding carboxylic acids is 2. The Hall–Kier alpha value is -3.03. The molecular formula is C16H17FN4O3. The molecule has 1 aromatic heterocycles. The minimum Gasteiger partial charge on any atom is -0.454 e. The number of benzene rings is 1.